The molecule has 1 aliphatic rings. The highest BCUT2D eigenvalue weighted by Gasteiger charge is 2.43. The quantitative estimate of drug-likeness (QED) is 0.295. The highest BCUT2D eigenvalue weighted by atomic mass is 35.5. The number of H-pyrrole nitrogens is 1. The Kier molecular flexibility index (Phi) is 9.20. The van der Waals surface area contributed by atoms with E-state index in [1.807, 2.05) is 57.2 Å². The Morgan fingerprint density at radius 1 is 1.18 bits per heavy atom. The van der Waals surface area contributed by atoms with Gasteiger partial charge in [-0.05, 0) is 68.9 Å². The van der Waals surface area contributed by atoms with Gasteiger partial charge >= 0.3 is 0 Å². The summed E-state index contributed by atoms with van der Waals surface area (Å²) in [6.07, 6.45) is 1.33. The lowest BCUT2D eigenvalue weighted by atomic mass is 9.73. The number of hydrogen-bond donors (Lipinski definition) is 3. The van der Waals surface area contributed by atoms with E-state index in [1.165, 1.54) is 0 Å². The number of hydrogen-bond acceptors (Lipinski definition) is 4. The highest BCUT2D eigenvalue weighted by Crippen LogP contribution is 2.39. The van der Waals surface area contributed by atoms with Crippen molar-refractivity contribution in [3.63, 3.8) is 0 Å². The summed E-state index contributed by atoms with van der Waals surface area (Å²) in [5.41, 5.74) is 0.697. The predicted octanol–water partition coefficient (Wildman–Crippen LogP) is 5.62. The van der Waals surface area contributed by atoms with Crippen LogP contribution in [0, 0.1) is 5.92 Å². The van der Waals surface area contributed by atoms with Crippen LogP contribution >= 0.6 is 11.6 Å². The molecule has 1 aromatic heterocycles. The van der Waals surface area contributed by atoms with Crippen LogP contribution in [0.2, 0.25) is 5.02 Å². The number of fused-ring (bicyclic) bond motifs is 1. The Balaban J connectivity index is 1.66. The second-order valence-corrected chi connectivity index (χ2v) is 11.9. The molecule has 4 rings (SSSR count). The molecule has 9 heteroatoms. The first-order chi connectivity index (χ1) is 19.0. The lowest BCUT2D eigenvalue weighted by Gasteiger charge is -2.37. The van der Waals surface area contributed by atoms with E-state index >= 15 is 4.39 Å². The molecule has 1 saturated heterocycles. The van der Waals surface area contributed by atoms with E-state index < -0.39 is 23.0 Å². The molecule has 2 atom stereocenters. The van der Waals surface area contributed by atoms with Crippen LogP contribution in [-0.4, -0.2) is 53.3 Å². The zero-order chi connectivity index (χ0) is 29.1. The van der Waals surface area contributed by atoms with Crippen LogP contribution in [0.3, 0.4) is 0 Å². The number of aromatic amines is 1. The van der Waals surface area contributed by atoms with Crippen LogP contribution in [0.25, 0.3) is 11.0 Å². The molecule has 1 aliphatic heterocycles. The van der Waals surface area contributed by atoms with E-state index in [0.29, 0.717) is 49.9 Å². The Morgan fingerprint density at radius 3 is 2.50 bits per heavy atom. The predicted molar refractivity (Wildman–Crippen MR) is 156 cm³/mol. The summed E-state index contributed by atoms with van der Waals surface area (Å²) >= 11 is 6.44. The maximum absolute atomic E-state index is 15.4. The van der Waals surface area contributed by atoms with Crippen molar-refractivity contribution in [1.82, 2.24) is 20.6 Å². The molecule has 216 valence electrons. The van der Waals surface area contributed by atoms with Gasteiger partial charge in [-0.1, -0.05) is 49.7 Å². The molecule has 0 saturated carbocycles. The third kappa shape index (κ3) is 6.33. The molecule has 0 bridgehead atoms. The molecule has 3 N–H and O–H groups in total. The van der Waals surface area contributed by atoms with Crippen LogP contribution in [0.1, 0.15) is 70.3 Å². The third-order valence-corrected chi connectivity index (χ3v) is 8.30. The zero-order valence-corrected chi connectivity index (χ0v) is 24.7. The molecule has 1 unspecified atom stereocenters. The number of aromatic nitrogens is 2. The van der Waals surface area contributed by atoms with E-state index in [4.69, 9.17) is 21.3 Å². The standard InChI is InChI=1S/C31H40ClFN4O3/c1-6-34-28(38)27(19(2)3)37-29(39)31(13-15-40-16-14-31)20-11-12-24-25(17-20)36-26(35-24)18-22(30(4,5)33)21-9-7-8-10-23(21)32/h7-12,17,19,22,27H,6,13-16,18H2,1-5H3,(H,34,38)(H,35,36)(H,37,39)/t22?,27-/m1/s1. The highest BCUT2D eigenvalue weighted by molar-refractivity contribution is 6.31. The van der Waals surface area contributed by atoms with Crippen LogP contribution in [0.15, 0.2) is 42.5 Å². The summed E-state index contributed by atoms with van der Waals surface area (Å²) < 4.78 is 21.0. The number of carbonyl (C=O) groups is 2. The van der Waals surface area contributed by atoms with Crippen molar-refractivity contribution in [2.45, 2.75) is 76.9 Å². The fraction of sp³-hybridized carbons (Fsp3) is 0.516. The zero-order valence-electron chi connectivity index (χ0n) is 23.9. The molecule has 7 nitrogen and oxygen atoms in total. The van der Waals surface area contributed by atoms with Gasteiger partial charge < -0.3 is 20.4 Å². The number of halogens is 2. The number of rotatable bonds is 10. The minimum atomic E-state index is -1.53. The van der Waals surface area contributed by atoms with Gasteiger partial charge in [0.05, 0.1) is 16.4 Å². The number of benzene rings is 2. The van der Waals surface area contributed by atoms with Gasteiger partial charge in [0.25, 0.3) is 0 Å². The Hall–Kier alpha value is -2.97. The van der Waals surface area contributed by atoms with Gasteiger partial charge in [-0.2, -0.15) is 0 Å². The van der Waals surface area contributed by atoms with Gasteiger partial charge in [0, 0.05) is 37.1 Å². The molecule has 2 amide bonds. The van der Waals surface area contributed by atoms with Gasteiger partial charge in [0.2, 0.25) is 11.8 Å². The van der Waals surface area contributed by atoms with Crippen molar-refractivity contribution in [2.75, 3.05) is 19.8 Å². The SMILES string of the molecule is CCNC(=O)[C@H](NC(=O)C1(c2ccc3nc(CC(c4ccccc4Cl)C(C)(C)F)[nH]c3c2)CCOCC1)C(C)C. The Labute approximate surface area is 240 Å². The van der Waals surface area contributed by atoms with E-state index in [9.17, 15) is 9.59 Å². The van der Waals surface area contributed by atoms with Crippen molar-refractivity contribution in [3.8, 4) is 0 Å². The van der Waals surface area contributed by atoms with E-state index in [1.54, 1.807) is 19.9 Å². The third-order valence-electron chi connectivity index (χ3n) is 7.96. The number of amides is 2. The summed E-state index contributed by atoms with van der Waals surface area (Å²) in [6.45, 7) is 10.2. The first-order valence-electron chi connectivity index (χ1n) is 14.0. The van der Waals surface area contributed by atoms with Gasteiger partial charge in [0.15, 0.2) is 0 Å². The number of nitrogens with one attached hydrogen (secondary N) is 3. The molecular weight excluding hydrogens is 531 g/mol. The minimum Gasteiger partial charge on any atom is -0.381 e. The van der Waals surface area contributed by atoms with Crippen LogP contribution in [-0.2, 0) is 26.2 Å². The molecule has 0 aliphatic carbocycles. The fourth-order valence-corrected chi connectivity index (χ4v) is 5.86. The molecule has 3 aromatic rings. The van der Waals surface area contributed by atoms with Crippen molar-refractivity contribution in [1.29, 1.82) is 0 Å². The number of alkyl halides is 1. The molecule has 1 fully saturated rings. The Bertz CT molecular complexity index is 1340. The lowest BCUT2D eigenvalue weighted by Crippen LogP contribution is -2.56. The van der Waals surface area contributed by atoms with Crippen molar-refractivity contribution in [2.24, 2.45) is 5.92 Å². The lowest BCUT2D eigenvalue weighted by molar-refractivity contribution is -0.135. The van der Waals surface area contributed by atoms with Gasteiger partial charge in [-0.15, -0.1) is 0 Å². The number of imidazole rings is 1. The minimum absolute atomic E-state index is 0.0733. The fourth-order valence-electron chi connectivity index (χ4n) is 5.60. The normalized spacial score (nSPS) is 17.0. The van der Waals surface area contributed by atoms with Crippen LogP contribution in [0.5, 0.6) is 0 Å². The van der Waals surface area contributed by atoms with E-state index in [2.05, 4.69) is 15.6 Å². The Morgan fingerprint density at radius 2 is 1.88 bits per heavy atom. The molecule has 40 heavy (non-hydrogen) atoms. The van der Waals surface area contributed by atoms with Crippen molar-refractivity contribution >= 4 is 34.4 Å². The molecular formula is C31H40ClFN4O3. The van der Waals surface area contributed by atoms with Gasteiger partial charge in [0.1, 0.15) is 17.5 Å². The first-order valence-corrected chi connectivity index (χ1v) is 14.4. The maximum atomic E-state index is 15.4. The molecule has 0 radical (unpaired) electrons. The maximum Gasteiger partial charge on any atom is 0.242 e. The average molecular weight is 571 g/mol. The summed E-state index contributed by atoms with van der Waals surface area (Å²) in [7, 11) is 0. The number of likely N-dealkylation sites (N-methyl/N-ethyl adjacent to an activating group) is 1. The number of nitrogens with zero attached hydrogens (tertiary/aromatic N) is 1. The number of ether oxygens (including phenoxy) is 1. The topological polar surface area (TPSA) is 96.1 Å². The summed E-state index contributed by atoms with van der Waals surface area (Å²) in [5, 5.41) is 6.40. The second-order valence-electron chi connectivity index (χ2n) is 11.5. The van der Waals surface area contributed by atoms with Gasteiger partial charge in [-0.25, -0.2) is 9.37 Å². The molecule has 2 heterocycles. The van der Waals surface area contributed by atoms with E-state index in [0.717, 1.165) is 22.2 Å². The van der Waals surface area contributed by atoms with Crippen LogP contribution < -0.4 is 10.6 Å². The first kappa shape index (κ1) is 30.0. The summed E-state index contributed by atoms with van der Waals surface area (Å²) in [6, 6.07) is 12.5. The van der Waals surface area contributed by atoms with Crippen LogP contribution in [0.4, 0.5) is 4.39 Å². The number of carbonyl (C=O) groups excluding carboxylic acids is 2. The van der Waals surface area contributed by atoms with E-state index in [-0.39, 0.29) is 17.7 Å². The summed E-state index contributed by atoms with van der Waals surface area (Å²) in [5.74, 6) is -0.306. The second kappa shape index (κ2) is 12.3. The smallest absolute Gasteiger partial charge is 0.242 e. The van der Waals surface area contributed by atoms with Crippen molar-refractivity contribution in [3.05, 3.63) is 64.4 Å². The largest absolute Gasteiger partial charge is 0.381 e. The van der Waals surface area contributed by atoms with Gasteiger partial charge in [-0.3, -0.25) is 9.59 Å². The average Bonchev–Trinajstić information content (AvgIpc) is 3.32. The molecule has 0 spiro atoms. The summed E-state index contributed by atoms with van der Waals surface area (Å²) in [4.78, 5) is 34.7. The molecule has 2 aromatic carbocycles. The van der Waals surface area contributed by atoms with Crippen molar-refractivity contribution < 1.29 is 18.7 Å². The monoisotopic (exact) mass is 570 g/mol.